The fraction of sp³-hybridized carbons (Fsp3) is 1.00. The second-order valence-electron chi connectivity index (χ2n) is 3.58. The van der Waals surface area contributed by atoms with Crippen LogP contribution < -0.4 is 5.32 Å². The van der Waals surface area contributed by atoms with E-state index >= 15 is 0 Å². The van der Waals surface area contributed by atoms with Crippen molar-refractivity contribution in [3.8, 4) is 0 Å². The number of hydrogen-bond donors (Lipinski definition) is 2. The Balaban J connectivity index is 2.19. The molecule has 2 atom stereocenters. The lowest BCUT2D eigenvalue weighted by atomic mass is 10.1. The second kappa shape index (κ2) is 4.07. The summed E-state index contributed by atoms with van der Waals surface area (Å²) in [6.07, 6.45) is 4.64. The van der Waals surface area contributed by atoms with Gasteiger partial charge in [0.25, 0.3) is 0 Å². The van der Waals surface area contributed by atoms with Crippen molar-refractivity contribution < 1.29 is 5.11 Å². The van der Waals surface area contributed by atoms with E-state index in [-0.39, 0.29) is 6.10 Å². The van der Waals surface area contributed by atoms with Crippen LogP contribution >= 0.6 is 0 Å². The third-order valence-electron chi connectivity index (χ3n) is 2.21. The van der Waals surface area contributed by atoms with Gasteiger partial charge < -0.3 is 10.4 Å². The van der Waals surface area contributed by atoms with Gasteiger partial charge in [-0.3, -0.25) is 0 Å². The Kier molecular flexibility index (Phi) is 3.34. The molecule has 0 amide bonds. The molecule has 0 aliphatic heterocycles. The molecule has 2 N–H and O–H groups in total. The summed E-state index contributed by atoms with van der Waals surface area (Å²) in [6.45, 7) is 4.03. The fourth-order valence-corrected chi connectivity index (χ4v) is 1.33. The van der Waals surface area contributed by atoms with E-state index < -0.39 is 0 Å². The van der Waals surface area contributed by atoms with Gasteiger partial charge in [0.2, 0.25) is 0 Å². The molecule has 2 nitrogen and oxygen atoms in total. The highest BCUT2D eigenvalue weighted by molar-refractivity contribution is 4.86. The van der Waals surface area contributed by atoms with Crippen molar-refractivity contribution in [2.45, 2.75) is 57.7 Å². The maximum atomic E-state index is 9.36. The number of rotatable bonds is 5. The Hall–Kier alpha value is -0.0800. The van der Waals surface area contributed by atoms with Gasteiger partial charge in [0.05, 0.1) is 6.10 Å². The third kappa shape index (κ3) is 3.21. The van der Waals surface area contributed by atoms with Crippen LogP contribution in [-0.2, 0) is 0 Å². The van der Waals surface area contributed by atoms with E-state index in [1.807, 2.05) is 6.92 Å². The minimum absolute atomic E-state index is 0.199. The molecule has 0 aromatic carbocycles. The number of aliphatic hydroxyl groups is 1. The molecule has 66 valence electrons. The Morgan fingerprint density at radius 3 is 2.55 bits per heavy atom. The minimum Gasteiger partial charge on any atom is -0.392 e. The molecule has 0 radical (unpaired) electrons. The van der Waals surface area contributed by atoms with Gasteiger partial charge in [0, 0.05) is 12.1 Å². The molecule has 0 bridgehead atoms. The summed E-state index contributed by atoms with van der Waals surface area (Å²) in [5.74, 6) is 0. The van der Waals surface area contributed by atoms with Crippen LogP contribution in [0.1, 0.15) is 39.5 Å². The van der Waals surface area contributed by atoms with Gasteiger partial charge in [0.15, 0.2) is 0 Å². The van der Waals surface area contributed by atoms with Crippen molar-refractivity contribution in [2.75, 3.05) is 0 Å². The van der Waals surface area contributed by atoms with Gasteiger partial charge in [-0.1, -0.05) is 13.3 Å². The second-order valence-corrected chi connectivity index (χ2v) is 3.58. The minimum atomic E-state index is -0.199. The van der Waals surface area contributed by atoms with Gasteiger partial charge in [-0.25, -0.2) is 0 Å². The molecule has 1 saturated carbocycles. The van der Waals surface area contributed by atoms with Crippen molar-refractivity contribution in [2.24, 2.45) is 0 Å². The van der Waals surface area contributed by atoms with Crippen LogP contribution in [0.25, 0.3) is 0 Å². The van der Waals surface area contributed by atoms with E-state index in [9.17, 15) is 5.11 Å². The van der Waals surface area contributed by atoms with Crippen LogP contribution in [0.2, 0.25) is 0 Å². The summed E-state index contributed by atoms with van der Waals surface area (Å²) in [5, 5.41) is 12.8. The van der Waals surface area contributed by atoms with Crippen LogP contribution in [0.4, 0.5) is 0 Å². The van der Waals surface area contributed by atoms with Crippen LogP contribution in [0, 0.1) is 0 Å². The molecule has 0 spiro atoms. The molecular weight excluding hydrogens is 138 g/mol. The highest BCUT2D eigenvalue weighted by Gasteiger charge is 2.25. The maximum Gasteiger partial charge on any atom is 0.0665 e. The van der Waals surface area contributed by atoms with Gasteiger partial charge in [-0.2, -0.15) is 0 Å². The zero-order chi connectivity index (χ0) is 8.27. The van der Waals surface area contributed by atoms with Crippen LogP contribution in [0.15, 0.2) is 0 Å². The highest BCUT2D eigenvalue weighted by Crippen LogP contribution is 2.20. The van der Waals surface area contributed by atoms with Crippen LogP contribution in [0.3, 0.4) is 0 Å². The van der Waals surface area contributed by atoms with Crippen LogP contribution in [-0.4, -0.2) is 23.3 Å². The van der Waals surface area contributed by atoms with Gasteiger partial charge in [0.1, 0.15) is 0 Å². The summed E-state index contributed by atoms with van der Waals surface area (Å²) in [5.41, 5.74) is 0. The van der Waals surface area contributed by atoms with E-state index in [1.54, 1.807) is 0 Å². The molecule has 0 heterocycles. The molecule has 2 unspecified atom stereocenters. The van der Waals surface area contributed by atoms with E-state index in [0.717, 1.165) is 12.8 Å². The molecule has 2 heteroatoms. The van der Waals surface area contributed by atoms with Crippen molar-refractivity contribution in [3.63, 3.8) is 0 Å². The first-order chi connectivity index (χ1) is 5.24. The summed E-state index contributed by atoms with van der Waals surface area (Å²) in [6, 6.07) is 1.04. The lowest BCUT2D eigenvalue weighted by molar-refractivity contribution is 0.138. The van der Waals surface area contributed by atoms with E-state index in [4.69, 9.17) is 0 Å². The number of hydrogen-bond acceptors (Lipinski definition) is 2. The molecule has 0 saturated heterocycles. The molecule has 1 fully saturated rings. The van der Waals surface area contributed by atoms with E-state index in [2.05, 4.69) is 12.2 Å². The molecule has 11 heavy (non-hydrogen) atoms. The maximum absolute atomic E-state index is 9.36. The third-order valence-corrected chi connectivity index (χ3v) is 2.21. The van der Waals surface area contributed by atoms with Gasteiger partial charge in [-0.15, -0.1) is 0 Å². The van der Waals surface area contributed by atoms with Crippen LogP contribution in [0.5, 0.6) is 0 Å². The standard InChI is InChI=1S/C9H19NO/c1-3-4-9(7(2)11)10-8-5-6-8/h7-11H,3-6H2,1-2H3. The topological polar surface area (TPSA) is 32.3 Å². The number of nitrogens with one attached hydrogen (secondary N) is 1. The number of aliphatic hydroxyl groups excluding tert-OH is 1. The van der Waals surface area contributed by atoms with Gasteiger partial charge in [-0.05, 0) is 26.2 Å². The molecule has 0 aromatic rings. The summed E-state index contributed by atoms with van der Waals surface area (Å²) < 4.78 is 0. The first-order valence-corrected chi connectivity index (χ1v) is 4.68. The predicted octanol–water partition coefficient (Wildman–Crippen LogP) is 1.29. The first kappa shape index (κ1) is 9.01. The Morgan fingerprint density at radius 1 is 1.55 bits per heavy atom. The Morgan fingerprint density at radius 2 is 2.18 bits per heavy atom. The lowest BCUT2D eigenvalue weighted by Gasteiger charge is -2.20. The normalized spacial score (nSPS) is 23.2. The molecule has 1 aliphatic carbocycles. The molecule has 0 aromatic heterocycles. The highest BCUT2D eigenvalue weighted by atomic mass is 16.3. The Labute approximate surface area is 69.0 Å². The van der Waals surface area contributed by atoms with Crippen molar-refractivity contribution in [1.29, 1.82) is 0 Å². The predicted molar refractivity (Wildman–Crippen MR) is 46.5 cm³/mol. The zero-order valence-electron chi connectivity index (χ0n) is 7.51. The quantitative estimate of drug-likeness (QED) is 0.630. The average Bonchev–Trinajstić information content (AvgIpc) is 2.70. The monoisotopic (exact) mass is 157 g/mol. The SMILES string of the molecule is CCCC(NC1CC1)C(C)O. The van der Waals surface area contributed by atoms with Crippen molar-refractivity contribution in [3.05, 3.63) is 0 Å². The Bertz CT molecular complexity index is 110. The lowest BCUT2D eigenvalue weighted by Crippen LogP contribution is -2.39. The van der Waals surface area contributed by atoms with Crippen molar-refractivity contribution in [1.82, 2.24) is 5.32 Å². The zero-order valence-corrected chi connectivity index (χ0v) is 7.51. The molecule has 1 rings (SSSR count). The summed E-state index contributed by atoms with van der Waals surface area (Å²) in [4.78, 5) is 0. The average molecular weight is 157 g/mol. The fourth-order valence-electron chi connectivity index (χ4n) is 1.33. The largest absolute Gasteiger partial charge is 0.392 e. The van der Waals surface area contributed by atoms with E-state index in [0.29, 0.717) is 12.1 Å². The van der Waals surface area contributed by atoms with Gasteiger partial charge >= 0.3 is 0 Å². The van der Waals surface area contributed by atoms with Crippen molar-refractivity contribution >= 4 is 0 Å². The summed E-state index contributed by atoms with van der Waals surface area (Å²) >= 11 is 0. The molecular formula is C9H19NO. The van der Waals surface area contributed by atoms with E-state index in [1.165, 1.54) is 12.8 Å². The summed E-state index contributed by atoms with van der Waals surface area (Å²) in [7, 11) is 0. The molecule has 1 aliphatic rings. The smallest absolute Gasteiger partial charge is 0.0665 e. The first-order valence-electron chi connectivity index (χ1n) is 4.68.